The van der Waals surface area contributed by atoms with Gasteiger partial charge in [-0.1, -0.05) is 13.8 Å². The molecule has 0 saturated carbocycles. The van der Waals surface area contributed by atoms with E-state index in [1.807, 2.05) is 0 Å². The van der Waals surface area contributed by atoms with Gasteiger partial charge in [-0.2, -0.15) is 52.7 Å². The molecule has 0 aromatic heterocycles. The van der Waals surface area contributed by atoms with Crippen LogP contribution in [0.5, 0.6) is 0 Å². The summed E-state index contributed by atoms with van der Waals surface area (Å²) in [6.07, 6.45) is -5.47. The van der Waals surface area contributed by atoms with Crippen LogP contribution in [0.25, 0.3) is 20.9 Å². The van der Waals surface area contributed by atoms with E-state index in [1.165, 1.54) is 0 Å². The molecule has 8 nitrogen and oxygen atoms in total. The van der Waals surface area contributed by atoms with Crippen LogP contribution in [-0.4, -0.2) is 47.3 Å². The van der Waals surface area contributed by atoms with Gasteiger partial charge in [0.1, 0.15) is 0 Å². The molecule has 0 spiro atoms. The van der Waals surface area contributed by atoms with E-state index >= 15 is 0 Å². The molecule has 0 fully saturated rings. The third-order valence-corrected chi connectivity index (χ3v) is 4.36. The van der Waals surface area contributed by atoms with Crippen LogP contribution < -0.4 is 0 Å². The number of hydrogen-bond donors (Lipinski definition) is 0. The summed E-state index contributed by atoms with van der Waals surface area (Å²) in [5.41, 5.74) is 15.9. The Hall–Kier alpha value is -2.88. The predicted molar refractivity (Wildman–Crippen MR) is 85.6 cm³/mol. The van der Waals surface area contributed by atoms with Gasteiger partial charge in [-0.25, -0.2) is 0 Å². The second-order valence-electron chi connectivity index (χ2n) is 6.97. The van der Waals surface area contributed by atoms with Crippen molar-refractivity contribution in [3.8, 4) is 0 Å². The van der Waals surface area contributed by atoms with Crippen LogP contribution >= 0.6 is 0 Å². The Balaban J connectivity index is 6.35. The van der Waals surface area contributed by atoms with Crippen molar-refractivity contribution in [3.05, 3.63) is 20.9 Å². The molecular formula is C14H12F12N6O2. The largest absolute Gasteiger partial charge is 0.384 e. The smallest absolute Gasteiger partial charge is 0.292 e. The summed E-state index contributed by atoms with van der Waals surface area (Å²) >= 11 is 0. The van der Waals surface area contributed by atoms with Crippen molar-refractivity contribution in [3.63, 3.8) is 0 Å². The molecule has 0 aromatic rings. The summed E-state index contributed by atoms with van der Waals surface area (Å²) in [5.74, 6) is -52.3. The maximum atomic E-state index is 13.8. The van der Waals surface area contributed by atoms with Gasteiger partial charge in [0.05, 0.1) is 0 Å². The number of alkyl halides is 12. The Bertz CT molecular complexity index is 824. The van der Waals surface area contributed by atoms with Crippen molar-refractivity contribution in [2.24, 2.45) is 22.1 Å². The van der Waals surface area contributed by atoms with Crippen molar-refractivity contribution < 1.29 is 62.3 Å². The maximum absolute atomic E-state index is 13.8. The Morgan fingerprint density at radius 3 is 1.06 bits per heavy atom. The summed E-state index contributed by atoms with van der Waals surface area (Å²) < 4.78 is 166. The first-order chi connectivity index (χ1) is 15.0. The molecule has 34 heavy (non-hydrogen) atoms. The lowest BCUT2D eigenvalue weighted by Gasteiger charge is -2.42. The van der Waals surface area contributed by atoms with Crippen LogP contribution in [0, 0.1) is 11.8 Å². The van der Waals surface area contributed by atoms with E-state index in [9.17, 15) is 62.3 Å². The van der Waals surface area contributed by atoms with E-state index in [1.54, 1.807) is 9.82 Å². The van der Waals surface area contributed by atoms with Gasteiger partial charge in [-0.05, 0) is 21.3 Å². The quantitative estimate of drug-likeness (QED) is 0.132. The van der Waals surface area contributed by atoms with Crippen LogP contribution in [0.3, 0.4) is 0 Å². The lowest BCUT2D eigenvalue weighted by atomic mass is 9.86. The second-order valence-corrected chi connectivity index (χ2v) is 6.97. The van der Waals surface area contributed by atoms with Gasteiger partial charge in [-0.3, -0.25) is 9.59 Å². The zero-order chi connectivity index (χ0) is 27.6. The third-order valence-electron chi connectivity index (χ3n) is 4.36. The molecule has 0 bridgehead atoms. The molecule has 0 saturated heterocycles. The number of carbonyl (C=O) groups excluding carboxylic acids is 2. The average molecular weight is 524 g/mol. The fraction of sp³-hybridized carbons (Fsp3) is 0.857. The van der Waals surface area contributed by atoms with Gasteiger partial charge in [-0.15, -0.1) is 0 Å². The highest BCUT2D eigenvalue weighted by molar-refractivity contribution is 5.79. The molecule has 2 unspecified atom stereocenters. The molecular weight excluding hydrogens is 512 g/mol. The summed E-state index contributed by atoms with van der Waals surface area (Å²) in [7, 11) is 0. The van der Waals surface area contributed by atoms with Crippen molar-refractivity contribution in [1.29, 1.82) is 0 Å². The minimum atomic E-state index is -7.87. The average Bonchev–Trinajstić information content (AvgIpc) is 2.66. The monoisotopic (exact) mass is 524 g/mol. The molecule has 0 rings (SSSR count). The van der Waals surface area contributed by atoms with Gasteiger partial charge < -0.3 is 0 Å². The molecule has 0 aliphatic carbocycles. The Kier molecular flexibility index (Phi) is 8.95. The number of carbonyl (C=O) groups is 2. The van der Waals surface area contributed by atoms with Gasteiger partial charge in [0.2, 0.25) is 11.8 Å². The summed E-state index contributed by atoms with van der Waals surface area (Å²) in [5, 5.41) is 4.36. The van der Waals surface area contributed by atoms with E-state index in [2.05, 4.69) is 10.2 Å². The number of amides is 2. The summed E-state index contributed by atoms with van der Waals surface area (Å²) in [6.45, 7) is 0.615. The highest BCUT2D eigenvalue weighted by Crippen LogP contribution is 2.61. The first-order valence-corrected chi connectivity index (χ1v) is 8.43. The van der Waals surface area contributed by atoms with Gasteiger partial charge in [0, 0.05) is 34.5 Å². The zero-order valence-corrected chi connectivity index (χ0v) is 16.6. The molecule has 0 aliphatic heterocycles. The van der Waals surface area contributed by atoms with E-state index in [0.29, 0.717) is 13.8 Å². The molecule has 0 heterocycles. The van der Waals surface area contributed by atoms with Crippen molar-refractivity contribution in [2.75, 3.05) is 0 Å². The first-order valence-electron chi connectivity index (χ1n) is 8.43. The fourth-order valence-corrected chi connectivity index (χ4v) is 2.34. The van der Waals surface area contributed by atoms with Crippen molar-refractivity contribution in [2.45, 2.75) is 62.2 Å². The summed E-state index contributed by atoms with van der Waals surface area (Å²) in [4.78, 5) is 25.7. The lowest BCUT2D eigenvalue weighted by molar-refractivity contribution is -0.426. The number of halogens is 12. The molecule has 2 amide bonds. The Labute approximate surface area is 180 Å². The molecule has 2 atom stereocenters. The lowest BCUT2D eigenvalue weighted by Crippen LogP contribution is -2.70. The van der Waals surface area contributed by atoms with Crippen molar-refractivity contribution >= 4 is 11.8 Å². The van der Waals surface area contributed by atoms with Gasteiger partial charge >= 0.3 is 35.5 Å². The number of hydrogen-bond acceptors (Lipinski definition) is 2. The van der Waals surface area contributed by atoms with Crippen LogP contribution in [0.15, 0.2) is 10.2 Å². The standard InChI is InChI=1S/C14H12F12N6O2/c1-5(7(33)29-31-27)3-9(15,16)11(19,20)13(23,24)14(25,26)12(21,22)10(17,18)4-6(2)8(34)30-32-28/h5-6H,3-4H2,1-2H3. The topological polar surface area (TPSA) is 132 Å². The van der Waals surface area contributed by atoms with Crippen molar-refractivity contribution in [1.82, 2.24) is 0 Å². The van der Waals surface area contributed by atoms with Crippen LogP contribution in [-0.2, 0) is 9.59 Å². The number of nitrogens with zero attached hydrogens (tertiary/aromatic N) is 6. The number of rotatable bonds is 11. The highest BCUT2D eigenvalue weighted by atomic mass is 19.4. The van der Waals surface area contributed by atoms with E-state index in [4.69, 9.17) is 11.1 Å². The van der Waals surface area contributed by atoms with Crippen LogP contribution in [0.1, 0.15) is 26.7 Å². The zero-order valence-electron chi connectivity index (χ0n) is 16.6. The van der Waals surface area contributed by atoms with E-state index in [-0.39, 0.29) is 0 Å². The normalized spacial score (nSPS) is 15.6. The van der Waals surface area contributed by atoms with Gasteiger partial charge in [0.25, 0.3) is 0 Å². The molecule has 0 aromatic carbocycles. The Morgan fingerprint density at radius 1 is 0.618 bits per heavy atom. The molecule has 20 heteroatoms. The van der Waals surface area contributed by atoms with E-state index in [0.717, 1.165) is 0 Å². The summed E-state index contributed by atoms with van der Waals surface area (Å²) in [6, 6.07) is 0. The SMILES string of the molecule is CC(CC(F)(F)C(F)(F)C(F)(F)C(F)(F)C(F)(F)C(F)(F)CC(C)C(=O)N=[N+]=[N-])C(=O)N=[N+]=[N-]. The molecule has 0 aliphatic rings. The Morgan fingerprint density at radius 2 is 0.853 bits per heavy atom. The minimum absolute atomic E-state index is 0.308. The predicted octanol–water partition coefficient (Wildman–Crippen LogP) is 6.52. The maximum Gasteiger partial charge on any atom is 0.384 e. The minimum Gasteiger partial charge on any atom is -0.292 e. The number of azide groups is 2. The molecule has 0 radical (unpaired) electrons. The van der Waals surface area contributed by atoms with Crippen LogP contribution in [0.2, 0.25) is 0 Å². The van der Waals surface area contributed by atoms with Crippen LogP contribution in [0.4, 0.5) is 52.7 Å². The fourth-order valence-electron chi connectivity index (χ4n) is 2.34. The third kappa shape index (κ3) is 5.27. The molecule has 0 N–H and O–H groups in total. The van der Waals surface area contributed by atoms with Gasteiger partial charge in [0.15, 0.2) is 0 Å². The molecule has 194 valence electrons. The van der Waals surface area contributed by atoms with E-state index < -0.39 is 72.0 Å². The first kappa shape index (κ1) is 31.1. The highest BCUT2D eigenvalue weighted by Gasteiger charge is 2.89. The second kappa shape index (κ2) is 9.77.